The molecule has 4 rings (SSSR count). The zero-order valence-corrected chi connectivity index (χ0v) is 16.6. The molecule has 2 aromatic rings. The summed E-state index contributed by atoms with van der Waals surface area (Å²) in [5.41, 5.74) is 4.22. The Bertz CT molecular complexity index is 766. The van der Waals surface area contributed by atoms with Gasteiger partial charge in [-0.1, -0.05) is 36.4 Å². The summed E-state index contributed by atoms with van der Waals surface area (Å²) in [5.74, 6) is 2.28. The van der Waals surface area contributed by atoms with Crippen LogP contribution in [-0.2, 0) is 4.74 Å². The van der Waals surface area contributed by atoms with Gasteiger partial charge < -0.3 is 4.74 Å². The quantitative estimate of drug-likeness (QED) is 0.572. The fourth-order valence-corrected chi connectivity index (χ4v) is 5.26. The molecule has 0 N–H and O–H groups in total. The molecule has 0 aliphatic heterocycles. The summed E-state index contributed by atoms with van der Waals surface area (Å²) in [6, 6.07) is 14.4. The number of aryl methyl sites for hydroxylation is 1. The predicted molar refractivity (Wildman–Crippen MR) is 109 cm³/mol. The van der Waals surface area contributed by atoms with Gasteiger partial charge in [0, 0.05) is 6.61 Å². The molecular weight excluding hydrogens is 335 g/mol. The normalized spacial score (nSPS) is 28.0. The molecular formula is C25H31FO. The first-order chi connectivity index (χ1) is 13.1. The van der Waals surface area contributed by atoms with Crippen molar-refractivity contribution < 1.29 is 9.13 Å². The Morgan fingerprint density at radius 2 is 1.59 bits per heavy atom. The second-order valence-electron chi connectivity index (χ2n) is 8.51. The molecule has 0 saturated heterocycles. The lowest BCUT2D eigenvalue weighted by atomic mass is 9.65. The van der Waals surface area contributed by atoms with Crippen molar-refractivity contribution >= 4 is 0 Å². The lowest BCUT2D eigenvalue weighted by Gasteiger charge is -2.42. The van der Waals surface area contributed by atoms with Gasteiger partial charge in [0.2, 0.25) is 0 Å². The zero-order valence-electron chi connectivity index (χ0n) is 16.6. The van der Waals surface area contributed by atoms with Crippen LogP contribution in [0.15, 0.2) is 42.5 Å². The van der Waals surface area contributed by atoms with E-state index in [2.05, 4.69) is 31.2 Å². The number of hydrogen-bond donors (Lipinski definition) is 0. The maximum Gasteiger partial charge on any atom is 0.126 e. The third-order valence-electron chi connectivity index (χ3n) is 6.85. The molecule has 4 unspecified atom stereocenters. The number of ether oxygens (including phenoxy) is 1. The minimum absolute atomic E-state index is 0.127. The van der Waals surface area contributed by atoms with Crippen LogP contribution >= 0.6 is 0 Å². The molecule has 2 saturated carbocycles. The molecule has 2 aromatic carbocycles. The third-order valence-corrected chi connectivity index (χ3v) is 6.85. The molecule has 2 fully saturated rings. The van der Waals surface area contributed by atoms with Crippen LogP contribution in [0.4, 0.5) is 4.39 Å². The highest BCUT2D eigenvalue weighted by molar-refractivity contribution is 5.64. The van der Waals surface area contributed by atoms with Crippen LogP contribution < -0.4 is 0 Å². The van der Waals surface area contributed by atoms with E-state index >= 15 is 0 Å². The van der Waals surface area contributed by atoms with E-state index in [1.807, 2.05) is 12.1 Å². The van der Waals surface area contributed by atoms with Gasteiger partial charge in [-0.05, 0) is 98.4 Å². The SMILES string of the molecule is CCOC1CCC2CC(c3ccc(-c4ccc(C)c(F)c4)cc3)CCC2C1. The number of rotatable bonds is 4. The Kier molecular flexibility index (Phi) is 5.63. The van der Waals surface area contributed by atoms with E-state index < -0.39 is 0 Å². The second-order valence-corrected chi connectivity index (χ2v) is 8.51. The van der Waals surface area contributed by atoms with Crippen LogP contribution in [0.5, 0.6) is 0 Å². The van der Waals surface area contributed by atoms with E-state index in [1.165, 1.54) is 44.1 Å². The van der Waals surface area contributed by atoms with E-state index in [4.69, 9.17) is 4.74 Å². The molecule has 0 spiro atoms. The number of fused-ring (bicyclic) bond motifs is 1. The highest BCUT2D eigenvalue weighted by atomic mass is 19.1. The average molecular weight is 367 g/mol. The van der Waals surface area contributed by atoms with Gasteiger partial charge in [-0.3, -0.25) is 0 Å². The number of hydrogen-bond acceptors (Lipinski definition) is 1. The van der Waals surface area contributed by atoms with Crippen molar-refractivity contribution in [1.82, 2.24) is 0 Å². The van der Waals surface area contributed by atoms with Gasteiger partial charge in [-0.15, -0.1) is 0 Å². The monoisotopic (exact) mass is 366 g/mol. The van der Waals surface area contributed by atoms with Gasteiger partial charge in [0.05, 0.1) is 6.10 Å². The maximum atomic E-state index is 13.9. The largest absolute Gasteiger partial charge is 0.378 e. The molecule has 4 atom stereocenters. The summed E-state index contributed by atoms with van der Waals surface area (Å²) >= 11 is 0. The van der Waals surface area contributed by atoms with Crippen molar-refractivity contribution in [3.8, 4) is 11.1 Å². The van der Waals surface area contributed by atoms with Gasteiger partial charge in [0.1, 0.15) is 5.82 Å². The summed E-state index contributed by atoms with van der Waals surface area (Å²) in [6.45, 7) is 4.76. The lowest BCUT2D eigenvalue weighted by Crippen LogP contribution is -2.33. The van der Waals surface area contributed by atoms with E-state index in [-0.39, 0.29) is 5.82 Å². The molecule has 1 nitrogen and oxygen atoms in total. The first-order valence-electron chi connectivity index (χ1n) is 10.6. The summed E-state index contributed by atoms with van der Waals surface area (Å²) in [5, 5.41) is 0. The molecule has 0 radical (unpaired) electrons. The summed E-state index contributed by atoms with van der Waals surface area (Å²) in [6.07, 6.45) is 8.28. The minimum atomic E-state index is -0.127. The van der Waals surface area contributed by atoms with Crippen LogP contribution in [0, 0.1) is 24.6 Å². The fraction of sp³-hybridized carbons (Fsp3) is 0.520. The summed E-state index contributed by atoms with van der Waals surface area (Å²) in [7, 11) is 0. The van der Waals surface area contributed by atoms with Gasteiger partial charge in [-0.25, -0.2) is 4.39 Å². The van der Waals surface area contributed by atoms with E-state index in [9.17, 15) is 4.39 Å². The molecule has 0 heterocycles. The van der Waals surface area contributed by atoms with Crippen molar-refractivity contribution in [2.75, 3.05) is 6.61 Å². The Hall–Kier alpha value is -1.67. The van der Waals surface area contributed by atoms with Crippen LogP contribution in [0.3, 0.4) is 0 Å². The summed E-state index contributed by atoms with van der Waals surface area (Å²) < 4.78 is 19.7. The second kappa shape index (κ2) is 8.14. The standard InChI is InChI=1S/C25H31FO/c1-3-27-24-13-12-21-14-20(10-11-22(21)15-24)18-6-8-19(9-7-18)23-5-4-17(2)25(26)16-23/h4-9,16,20-22,24H,3,10-15H2,1-2H3. The van der Waals surface area contributed by atoms with E-state index in [0.717, 1.165) is 29.6 Å². The molecule has 2 heteroatoms. The molecule has 0 amide bonds. The highest BCUT2D eigenvalue weighted by Crippen LogP contribution is 2.46. The molecule has 144 valence electrons. The van der Waals surface area contributed by atoms with Gasteiger partial charge in [-0.2, -0.15) is 0 Å². The molecule has 27 heavy (non-hydrogen) atoms. The predicted octanol–water partition coefficient (Wildman–Crippen LogP) is 6.89. The van der Waals surface area contributed by atoms with Gasteiger partial charge in [0.15, 0.2) is 0 Å². The third kappa shape index (κ3) is 4.11. The van der Waals surface area contributed by atoms with E-state index in [1.54, 1.807) is 13.0 Å². The number of halogens is 1. The first-order valence-corrected chi connectivity index (χ1v) is 10.6. The topological polar surface area (TPSA) is 9.23 Å². The van der Waals surface area contributed by atoms with Crippen LogP contribution in [0.1, 0.15) is 62.5 Å². The van der Waals surface area contributed by atoms with Crippen molar-refractivity contribution in [1.29, 1.82) is 0 Å². The van der Waals surface area contributed by atoms with Crippen molar-refractivity contribution in [2.45, 2.75) is 64.4 Å². The van der Waals surface area contributed by atoms with E-state index in [0.29, 0.717) is 17.6 Å². The fourth-order valence-electron chi connectivity index (χ4n) is 5.26. The molecule has 0 aromatic heterocycles. The molecule has 2 aliphatic carbocycles. The van der Waals surface area contributed by atoms with Crippen molar-refractivity contribution in [3.63, 3.8) is 0 Å². The zero-order chi connectivity index (χ0) is 18.8. The van der Waals surface area contributed by atoms with Gasteiger partial charge >= 0.3 is 0 Å². The van der Waals surface area contributed by atoms with Crippen LogP contribution in [0.2, 0.25) is 0 Å². The van der Waals surface area contributed by atoms with Crippen molar-refractivity contribution in [2.24, 2.45) is 11.8 Å². The Labute approximate surface area is 163 Å². The number of benzene rings is 2. The minimum Gasteiger partial charge on any atom is -0.378 e. The van der Waals surface area contributed by atoms with Crippen LogP contribution in [-0.4, -0.2) is 12.7 Å². The highest BCUT2D eigenvalue weighted by Gasteiger charge is 2.36. The Balaban J connectivity index is 1.42. The first kappa shape index (κ1) is 18.7. The lowest BCUT2D eigenvalue weighted by molar-refractivity contribution is -0.00955. The molecule has 0 bridgehead atoms. The maximum absolute atomic E-state index is 13.9. The van der Waals surface area contributed by atoms with Gasteiger partial charge in [0.25, 0.3) is 0 Å². The Morgan fingerprint density at radius 1 is 0.889 bits per heavy atom. The smallest absolute Gasteiger partial charge is 0.126 e. The van der Waals surface area contributed by atoms with Crippen LogP contribution in [0.25, 0.3) is 11.1 Å². The average Bonchev–Trinajstić information content (AvgIpc) is 2.70. The molecule has 2 aliphatic rings. The Morgan fingerprint density at radius 3 is 2.33 bits per heavy atom. The van der Waals surface area contributed by atoms with Crippen molar-refractivity contribution in [3.05, 3.63) is 59.4 Å². The summed E-state index contributed by atoms with van der Waals surface area (Å²) in [4.78, 5) is 0.